The quantitative estimate of drug-likeness (QED) is 0.857. The molecule has 16 heavy (non-hydrogen) atoms. The first kappa shape index (κ1) is 11.6. The van der Waals surface area contributed by atoms with Crippen LogP contribution in [0.3, 0.4) is 0 Å². The summed E-state index contributed by atoms with van der Waals surface area (Å²) in [5.41, 5.74) is 1.12. The zero-order valence-corrected chi connectivity index (χ0v) is 11.7. The summed E-state index contributed by atoms with van der Waals surface area (Å²) in [5.74, 6) is 0.847. The molecule has 0 aliphatic carbocycles. The van der Waals surface area contributed by atoms with E-state index in [0.29, 0.717) is 15.8 Å². The number of hydrogen-bond acceptors (Lipinski definition) is 3. The maximum atomic E-state index is 5.09. The van der Waals surface area contributed by atoms with E-state index in [4.69, 9.17) is 4.74 Å². The van der Waals surface area contributed by atoms with E-state index in [1.165, 1.54) is 0 Å². The van der Waals surface area contributed by atoms with Crippen molar-refractivity contribution < 1.29 is 4.74 Å². The summed E-state index contributed by atoms with van der Waals surface area (Å²) in [5, 5.41) is 8.38. The van der Waals surface area contributed by atoms with E-state index >= 15 is 0 Å². The van der Waals surface area contributed by atoms with Gasteiger partial charge in [-0.25, -0.2) is 0 Å². The van der Waals surface area contributed by atoms with Gasteiger partial charge in [0.25, 0.3) is 0 Å². The van der Waals surface area contributed by atoms with Gasteiger partial charge < -0.3 is 4.74 Å². The Bertz CT molecular complexity index is 462. The molecule has 0 unspecified atom stereocenters. The molecule has 1 heterocycles. The summed E-state index contributed by atoms with van der Waals surface area (Å²) >= 11 is 6.58. The number of rotatable bonds is 3. The lowest BCUT2D eigenvalue weighted by Gasteiger charge is -2.02. The number of nitrogens with zero attached hydrogens (tertiary/aromatic N) is 3. The van der Waals surface area contributed by atoms with E-state index in [2.05, 4.69) is 42.1 Å². The second-order valence-corrected chi connectivity index (χ2v) is 4.66. The summed E-state index contributed by atoms with van der Waals surface area (Å²) in [7, 11) is 1.65. The summed E-state index contributed by atoms with van der Waals surface area (Å²) in [4.78, 5) is 1.62. The Hall–Kier alpha value is -0.880. The van der Waals surface area contributed by atoms with Gasteiger partial charge in [0.05, 0.1) is 13.7 Å². The van der Waals surface area contributed by atoms with Crippen LogP contribution in [-0.4, -0.2) is 22.1 Å². The molecule has 0 saturated carbocycles. The van der Waals surface area contributed by atoms with Crippen LogP contribution in [0.25, 0.3) is 0 Å². The largest absolute Gasteiger partial charge is 0.497 e. The Kier molecular flexibility index (Phi) is 3.60. The van der Waals surface area contributed by atoms with Gasteiger partial charge in [0, 0.05) is 0 Å². The third-order valence-electron chi connectivity index (χ3n) is 2.06. The van der Waals surface area contributed by atoms with Crippen molar-refractivity contribution in [1.29, 1.82) is 0 Å². The molecule has 0 bridgehead atoms. The molecule has 2 rings (SSSR count). The van der Waals surface area contributed by atoms with Gasteiger partial charge in [-0.15, -0.1) is 10.2 Å². The van der Waals surface area contributed by atoms with Crippen LogP contribution >= 0.6 is 31.9 Å². The molecule has 4 nitrogen and oxygen atoms in total. The lowest BCUT2D eigenvalue weighted by atomic mass is 10.2. The summed E-state index contributed by atoms with van der Waals surface area (Å²) in [6, 6.07) is 7.82. The van der Waals surface area contributed by atoms with E-state index in [-0.39, 0.29) is 0 Å². The molecular weight excluding hydrogens is 338 g/mol. The SMILES string of the molecule is COc1ccc(Cn2nc(Br)c(Br)n2)cc1. The molecule has 1 aromatic heterocycles. The Morgan fingerprint density at radius 3 is 2.19 bits per heavy atom. The third-order valence-corrected chi connectivity index (χ3v) is 3.66. The topological polar surface area (TPSA) is 39.9 Å². The number of hydrogen-bond donors (Lipinski definition) is 0. The molecule has 2 aromatic rings. The summed E-state index contributed by atoms with van der Waals surface area (Å²) in [6.45, 7) is 0.633. The Morgan fingerprint density at radius 1 is 1.12 bits per heavy atom. The van der Waals surface area contributed by atoms with Crippen LogP contribution in [0.2, 0.25) is 0 Å². The zero-order valence-electron chi connectivity index (χ0n) is 8.52. The lowest BCUT2D eigenvalue weighted by molar-refractivity contribution is 0.414. The molecule has 0 radical (unpaired) electrons. The summed E-state index contributed by atoms with van der Waals surface area (Å²) in [6.07, 6.45) is 0. The number of benzene rings is 1. The molecule has 0 spiro atoms. The molecular formula is C10H9Br2N3O. The highest BCUT2D eigenvalue weighted by Crippen LogP contribution is 2.18. The van der Waals surface area contributed by atoms with Gasteiger partial charge in [0.2, 0.25) is 0 Å². The monoisotopic (exact) mass is 345 g/mol. The Balaban J connectivity index is 2.14. The highest BCUT2D eigenvalue weighted by molar-refractivity contribution is 9.13. The standard InChI is InChI=1S/C10H9Br2N3O/c1-16-8-4-2-7(3-5-8)6-15-13-9(11)10(12)14-15/h2-5H,6H2,1H3. The number of ether oxygens (including phenoxy) is 1. The molecule has 6 heteroatoms. The van der Waals surface area contributed by atoms with Crippen molar-refractivity contribution in [2.24, 2.45) is 0 Å². The zero-order chi connectivity index (χ0) is 11.5. The average Bonchev–Trinajstić information content (AvgIpc) is 2.59. The van der Waals surface area contributed by atoms with Crippen LogP contribution in [0, 0.1) is 0 Å². The van der Waals surface area contributed by atoms with Gasteiger partial charge in [-0.3, -0.25) is 0 Å². The number of halogens is 2. The minimum absolute atomic E-state index is 0.633. The second-order valence-electron chi connectivity index (χ2n) is 3.16. The fourth-order valence-corrected chi connectivity index (χ4v) is 1.80. The van der Waals surface area contributed by atoms with Crippen molar-refractivity contribution in [3.8, 4) is 5.75 Å². The second kappa shape index (κ2) is 4.97. The smallest absolute Gasteiger partial charge is 0.162 e. The first-order valence-electron chi connectivity index (χ1n) is 4.58. The molecule has 0 atom stereocenters. The van der Waals surface area contributed by atoms with Gasteiger partial charge in [-0.1, -0.05) is 12.1 Å². The number of aromatic nitrogens is 3. The fourth-order valence-electron chi connectivity index (χ4n) is 1.27. The molecule has 0 fully saturated rings. The lowest BCUT2D eigenvalue weighted by Crippen LogP contribution is -2.03. The Morgan fingerprint density at radius 2 is 1.69 bits per heavy atom. The molecule has 0 saturated heterocycles. The first-order valence-corrected chi connectivity index (χ1v) is 6.16. The van der Waals surface area contributed by atoms with Gasteiger partial charge in [0.15, 0.2) is 9.21 Å². The van der Waals surface area contributed by atoms with Crippen molar-refractivity contribution in [3.63, 3.8) is 0 Å². The molecule has 1 aromatic carbocycles. The first-order chi connectivity index (χ1) is 7.69. The molecule has 84 valence electrons. The fraction of sp³-hybridized carbons (Fsp3) is 0.200. The maximum Gasteiger partial charge on any atom is 0.162 e. The molecule has 0 N–H and O–H groups in total. The van der Waals surface area contributed by atoms with E-state index in [9.17, 15) is 0 Å². The van der Waals surface area contributed by atoms with E-state index in [1.54, 1.807) is 11.9 Å². The normalized spacial score (nSPS) is 10.4. The molecule has 0 aliphatic heterocycles. The third kappa shape index (κ3) is 2.62. The highest BCUT2D eigenvalue weighted by atomic mass is 79.9. The minimum atomic E-state index is 0.633. The van der Waals surface area contributed by atoms with Crippen molar-refractivity contribution in [3.05, 3.63) is 39.0 Å². The van der Waals surface area contributed by atoms with Gasteiger partial charge >= 0.3 is 0 Å². The number of methoxy groups -OCH3 is 1. The van der Waals surface area contributed by atoms with E-state index in [0.717, 1.165) is 11.3 Å². The van der Waals surface area contributed by atoms with Crippen molar-refractivity contribution >= 4 is 31.9 Å². The molecule has 0 amide bonds. The van der Waals surface area contributed by atoms with Crippen LogP contribution in [0.5, 0.6) is 5.75 Å². The maximum absolute atomic E-state index is 5.09. The van der Waals surface area contributed by atoms with Crippen molar-refractivity contribution in [1.82, 2.24) is 15.0 Å². The van der Waals surface area contributed by atoms with Crippen LogP contribution in [0.15, 0.2) is 33.5 Å². The average molecular weight is 347 g/mol. The van der Waals surface area contributed by atoms with Gasteiger partial charge in [-0.2, -0.15) is 4.80 Å². The van der Waals surface area contributed by atoms with Crippen LogP contribution < -0.4 is 4.74 Å². The van der Waals surface area contributed by atoms with Gasteiger partial charge in [-0.05, 0) is 49.6 Å². The van der Waals surface area contributed by atoms with Crippen molar-refractivity contribution in [2.75, 3.05) is 7.11 Å². The van der Waals surface area contributed by atoms with Gasteiger partial charge in [0.1, 0.15) is 5.75 Å². The predicted molar refractivity (Wildman–Crippen MR) is 67.5 cm³/mol. The van der Waals surface area contributed by atoms with Crippen LogP contribution in [-0.2, 0) is 6.54 Å². The highest BCUT2D eigenvalue weighted by Gasteiger charge is 2.05. The van der Waals surface area contributed by atoms with E-state index < -0.39 is 0 Å². The minimum Gasteiger partial charge on any atom is -0.497 e. The van der Waals surface area contributed by atoms with Crippen LogP contribution in [0.4, 0.5) is 0 Å². The van der Waals surface area contributed by atoms with E-state index in [1.807, 2.05) is 24.3 Å². The van der Waals surface area contributed by atoms with Crippen LogP contribution in [0.1, 0.15) is 5.56 Å². The summed E-state index contributed by atoms with van der Waals surface area (Å²) < 4.78 is 6.51. The predicted octanol–water partition coefficient (Wildman–Crippen LogP) is 2.86. The molecule has 0 aliphatic rings. The van der Waals surface area contributed by atoms with Crippen molar-refractivity contribution in [2.45, 2.75) is 6.54 Å². The Labute approximate surface area is 110 Å².